The average Bonchev–Trinajstić information content (AvgIpc) is 2.49. The van der Waals surface area contributed by atoms with Crippen molar-refractivity contribution in [1.29, 1.82) is 0 Å². The number of nitrogens with one attached hydrogen (secondary N) is 1. The summed E-state index contributed by atoms with van der Waals surface area (Å²) >= 11 is 0. The number of amides is 1. The van der Waals surface area contributed by atoms with Crippen LogP contribution < -0.4 is 11.1 Å². The van der Waals surface area contributed by atoms with E-state index in [0.717, 1.165) is 31.2 Å². The van der Waals surface area contributed by atoms with Crippen molar-refractivity contribution in [3.63, 3.8) is 0 Å². The van der Waals surface area contributed by atoms with E-state index in [1.807, 2.05) is 0 Å². The third-order valence-corrected chi connectivity index (χ3v) is 3.92. The molecule has 21 heavy (non-hydrogen) atoms. The number of hydrogen-bond acceptors (Lipinski definition) is 2. The Morgan fingerprint density at radius 3 is 2.29 bits per heavy atom. The minimum Gasteiger partial charge on any atom is -0.348 e. The van der Waals surface area contributed by atoms with E-state index in [2.05, 4.69) is 57.3 Å². The van der Waals surface area contributed by atoms with Gasteiger partial charge in [0.1, 0.15) is 0 Å². The van der Waals surface area contributed by atoms with Crippen molar-refractivity contribution < 1.29 is 4.79 Å². The van der Waals surface area contributed by atoms with Crippen molar-refractivity contribution >= 4 is 5.91 Å². The molecule has 1 unspecified atom stereocenters. The monoisotopic (exact) mass is 290 g/mol. The van der Waals surface area contributed by atoms with Gasteiger partial charge in [-0.2, -0.15) is 0 Å². The Hall–Kier alpha value is -1.35. The summed E-state index contributed by atoms with van der Waals surface area (Å²) in [5.41, 5.74) is 8.43. The summed E-state index contributed by atoms with van der Waals surface area (Å²) in [5, 5.41) is 3.11. The number of hydrogen-bond donors (Lipinski definition) is 2. The first-order valence-corrected chi connectivity index (χ1v) is 8.14. The van der Waals surface area contributed by atoms with Crippen molar-refractivity contribution in [1.82, 2.24) is 5.32 Å². The fourth-order valence-corrected chi connectivity index (χ4v) is 2.41. The molecule has 3 nitrogen and oxygen atoms in total. The number of nitrogens with two attached hydrogens (primary N) is 1. The lowest BCUT2D eigenvalue weighted by Gasteiger charge is -2.25. The van der Waals surface area contributed by atoms with Gasteiger partial charge in [0.2, 0.25) is 5.91 Å². The fourth-order valence-electron chi connectivity index (χ4n) is 2.41. The van der Waals surface area contributed by atoms with Gasteiger partial charge in [0.05, 0.1) is 12.1 Å². The Balaban J connectivity index is 2.75. The Kier molecular flexibility index (Phi) is 7.44. The van der Waals surface area contributed by atoms with Gasteiger partial charge in [-0.25, -0.2) is 0 Å². The molecule has 3 N–H and O–H groups in total. The zero-order valence-electron chi connectivity index (χ0n) is 13.9. The molecule has 3 heteroatoms. The Morgan fingerprint density at radius 1 is 1.19 bits per heavy atom. The van der Waals surface area contributed by atoms with E-state index in [1.54, 1.807) is 0 Å². The second-order valence-corrected chi connectivity index (χ2v) is 6.07. The molecule has 0 saturated carbocycles. The topological polar surface area (TPSA) is 55.1 Å². The number of benzene rings is 1. The number of aryl methyl sites for hydroxylation is 1. The minimum absolute atomic E-state index is 0.0242. The van der Waals surface area contributed by atoms with E-state index in [4.69, 9.17) is 5.73 Å². The predicted octanol–water partition coefficient (Wildman–Crippen LogP) is 3.58. The van der Waals surface area contributed by atoms with Gasteiger partial charge in [-0.1, -0.05) is 64.8 Å². The van der Waals surface area contributed by atoms with E-state index < -0.39 is 6.04 Å². The molecule has 1 aromatic rings. The molecule has 1 rings (SSSR count). The lowest BCUT2D eigenvalue weighted by Crippen LogP contribution is -2.43. The SMILES string of the molecule is CCCC[C@H](N)C(=O)NC(c1ccc(CC)cc1)C(C)C. The number of carbonyl (C=O) groups is 1. The van der Waals surface area contributed by atoms with Crippen LogP contribution in [0, 0.1) is 5.92 Å². The molecule has 1 amide bonds. The molecule has 0 saturated heterocycles. The van der Waals surface area contributed by atoms with Crippen LogP contribution in [0.25, 0.3) is 0 Å². The molecule has 0 radical (unpaired) electrons. The average molecular weight is 290 g/mol. The second-order valence-electron chi connectivity index (χ2n) is 6.07. The number of unbranched alkanes of at least 4 members (excludes halogenated alkanes) is 1. The summed E-state index contributed by atoms with van der Waals surface area (Å²) < 4.78 is 0. The largest absolute Gasteiger partial charge is 0.348 e. The first-order valence-electron chi connectivity index (χ1n) is 8.14. The van der Waals surface area contributed by atoms with E-state index >= 15 is 0 Å². The highest BCUT2D eigenvalue weighted by Gasteiger charge is 2.21. The van der Waals surface area contributed by atoms with E-state index in [1.165, 1.54) is 5.56 Å². The van der Waals surface area contributed by atoms with Crippen LogP contribution in [0.5, 0.6) is 0 Å². The first kappa shape index (κ1) is 17.7. The summed E-state index contributed by atoms with van der Waals surface area (Å²) in [4.78, 5) is 12.2. The van der Waals surface area contributed by atoms with Crippen LogP contribution in [0.4, 0.5) is 0 Å². The zero-order chi connectivity index (χ0) is 15.8. The lowest BCUT2D eigenvalue weighted by molar-refractivity contribution is -0.123. The Morgan fingerprint density at radius 2 is 1.81 bits per heavy atom. The van der Waals surface area contributed by atoms with Crippen LogP contribution in [0.1, 0.15) is 64.1 Å². The maximum atomic E-state index is 12.2. The molecule has 2 atom stereocenters. The van der Waals surface area contributed by atoms with Gasteiger partial charge in [-0.05, 0) is 29.9 Å². The molecule has 0 fully saturated rings. The first-order chi connectivity index (χ1) is 9.99. The summed E-state index contributed by atoms with van der Waals surface area (Å²) in [7, 11) is 0. The highest BCUT2D eigenvalue weighted by Crippen LogP contribution is 2.22. The van der Waals surface area contributed by atoms with Crippen molar-refractivity contribution in [3.05, 3.63) is 35.4 Å². The van der Waals surface area contributed by atoms with Crippen molar-refractivity contribution in [2.75, 3.05) is 0 Å². The molecule has 118 valence electrons. The van der Waals surface area contributed by atoms with Gasteiger partial charge in [-0.3, -0.25) is 4.79 Å². The molecule has 0 aliphatic heterocycles. The summed E-state index contributed by atoms with van der Waals surface area (Å²) in [5.74, 6) is 0.293. The quantitative estimate of drug-likeness (QED) is 0.769. The molecule has 0 aliphatic rings. The molecule has 1 aromatic carbocycles. The molecule has 0 heterocycles. The maximum absolute atomic E-state index is 12.2. The summed E-state index contributed by atoms with van der Waals surface area (Å²) in [6.07, 6.45) is 3.84. The van der Waals surface area contributed by atoms with Crippen LogP contribution in [0.2, 0.25) is 0 Å². The molecular formula is C18H30N2O. The Labute approximate surface area is 129 Å². The zero-order valence-corrected chi connectivity index (χ0v) is 13.9. The summed E-state index contributed by atoms with van der Waals surface area (Å²) in [6, 6.07) is 8.11. The fraction of sp³-hybridized carbons (Fsp3) is 0.611. The van der Waals surface area contributed by atoms with Crippen molar-refractivity contribution in [2.24, 2.45) is 11.7 Å². The molecular weight excluding hydrogens is 260 g/mol. The third kappa shape index (κ3) is 5.50. The highest BCUT2D eigenvalue weighted by atomic mass is 16.2. The van der Waals surface area contributed by atoms with E-state index in [-0.39, 0.29) is 11.9 Å². The standard InChI is InChI=1S/C18H30N2O/c1-5-7-8-16(19)18(21)20-17(13(3)4)15-11-9-14(6-2)10-12-15/h9-13,16-17H,5-8,19H2,1-4H3,(H,20,21)/t16-,17?/m0/s1. The molecule has 0 aromatic heterocycles. The van der Waals surface area contributed by atoms with Crippen LogP contribution >= 0.6 is 0 Å². The molecule has 0 spiro atoms. The minimum atomic E-state index is -0.402. The number of carbonyl (C=O) groups excluding carboxylic acids is 1. The third-order valence-electron chi connectivity index (χ3n) is 3.92. The molecule has 0 aliphatic carbocycles. The smallest absolute Gasteiger partial charge is 0.237 e. The van der Waals surface area contributed by atoms with E-state index in [9.17, 15) is 4.79 Å². The normalized spacial score (nSPS) is 14.0. The van der Waals surface area contributed by atoms with Crippen molar-refractivity contribution in [2.45, 2.75) is 65.5 Å². The Bertz CT molecular complexity index is 425. The van der Waals surface area contributed by atoms with Gasteiger partial charge in [0.15, 0.2) is 0 Å². The van der Waals surface area contributed by atoms with Gasteiger partial charge in [-0.15, -0.1) is 0 Å². The van der Waals surface area contributed by atoms with Gasteiger partial charge in [0.25, 0.3) is 0 Å². The summed E-state index contributed by atoms with van der Waals surface area (Å²) in [6.45, 7) is 8.49. The van der Waals surface area contributed by atoms with E-state index in [0.29, 0.717) is 5.92 Å². The van der Waals surface area contributed by atoms with Crippen LogP contribution in [0.3, 0.4) is 0 Å². The van der Waals surface area contributed by atoms with Crippen LogP contribution in [0.15, 0.2) is 24.3 Å². The van der Waals surface area contributed by atoms with Gasteiger partial charge < -0.3 is 11.1 Å². The highest BCUT2D eigenvalue weighted by molar-refractivity contribution is 5.81. The lowest BCUT2D eigenvalue weighted by atomic mass is 9.94. The second kappa shape index (κ2) is 8.83. The maximum Gasteiger partial charge on any atom is 0.237 e. The van der Waals surface area contributed by atoms with Gasteiger partial charge in [0, 0.05) is 0 Å². The van der Waals surface area contributed by atoms with Gasteiger partial charge >= 0.3 is 0 Å². The van der Waals surface area contributed by atoms with Crippen LogP contribution in [-0.2, 0) is 11.2 Å². The van der Waals surface area contributed by atoms with Crippen molar-refractivity contribution in [3.8, 4) is 0 Å². The predicted molar refractivity (Wildman–Crippen MR) is 89.0 cm³/mol. The number of rotatable bonds is 8. The van der Waals surface area contributed by atoms with Crippen LogP contribution in [-0.4, -0.2) is 11.9 Å². The molecule has 0 bridgehead atoms.